The highest BCUT2D eigenvalue weighted by Crippen LogP contribution is 2.30. The Morgan fingerprint density at radius 3 is 2.71 bits per heavy atom. The van der Waals surface area contributed by atoms with Gasteiger partial charge in [0, 0.05) is 5.56 Å². The molecular weight excluding hydrogens is 416 g/mol. The van der Waals surface area contributed by atoms with Gasteiger partial charge in [0.05, 0.1) is 12.0 Å². The van der Waals surface area contributed by atoms with Crippen molar-refractivity contribution < 1.29 is 23.5 Å². The molecule has 4 rings (SSSR count). The highest BCUT2D eigenvalue weighted by molar-refractivity contribution is 8.18. The summed E-state index contributed by atoms with van der Waals surface area (Å²) in [5, 5.41) is 1.85. The second-order valence-electron chi connectivity index (χ2n) is 6.44. The van der Waals surface area contributed by atoms with Gasteiger partial charge >= 0.3 is 0 Å². The van der Waals surface area contributed by atoms with Crippen molar-refractivity contribution >= 4 is 29.0 Å². The monoisotopic (exact) mass is 434 g/mol. The molecule has 0 aliphatic carbocycles. The average Bonchev–Trinajstić information content (AvgIpc) is 3.39. The molecule has 8 heteroatoms. The first-order valence-corrected chi connectivity index (χ1v) is 10.2. The molecule has 1 aliphatic rings. The standard InChI is InChI=1S/C23H18N2O5S/c1-28-19-12-15(6-5-9-20-21(26)25-23(27)31-20)10-11-18(19)29-13-17-14-30-22(24-17)16-7-3-2-4-8-16/h2-12,14H,13H2,1H3,(H,25,26,27). The number of thioether (sulfide) groups is 1. The lowest BCUT2D eigenvalue weighted by Crippen LogP contribution is -2.17. The van der Waals surface area contributed by atoms with Gasteiger partial charge in [-0.25, -0.2) is 4.98 Å². The number of rotatable bonds is 7. The Labute approximate surface area is 182 Å². The van der Waals surface area contributed by atoms with Gasteiger partial charge in [-0.1, -0.05) is 36.4 Å². The fraction of sp³-hybridized carbons (Fsp3) is 0.0870. The van der Waals surface area contributed by atoms with Crippen LogP contribution in [0.15, 0.2) is 76.3 Å². The molecule has 156 valence electrons. The van der Waals surface area contributed by atoms with Crippen LogP contribution in [0, 0.1) is 0 Å². The van der Waals surface area contributed by atoms with Crippen molar-refractivity contribution in [1.29, 1.82) is 0 Å². The van der Waals surface area contributed by atoms with Crippen LogP contribution < -0.4 is 14.8 Å². The lowest BCUT2D eigenvalue weighted by Gasteiger charge is -2.10. The number of amides is 2. The van der Waals surface area contributed by atoms with Crippen LogP contribution >= 0.6 is 11.8 Å². The molecule has 2 amide bonds. The molecule has 0 unspecified atom stereocenters. The summed E-state index contributed by atoms with van der Waals surface area (Å²) in [5.41, 5.74) is 2.41. The summed E-state index contributed by atoms with van der Waals surface area (Å²) in [6.07, 6.45) is 6.67. The molecule has 0 spiro atoms. The third kappa shape index (κ3) is 5.04. The molecule has 0 radical (unpaired) electrons. The summed E-state index contributed by atoms with van der Waals surface area (Å²) < 4.78 is 16.8. The zero-order chi connectivity index (χ0) is 21.6. The van der Waals surface area contributed by atoms with Crippen LogP contribution in [0.3, 0.4) is 0 Å². The lowest BCUT2D eigenvalue weighted by molar-refractivity contribution is -0.115. The third-order valence-electron chi connectivity index (χ3n) is 4.31. The van der Waals surface area contributed by atoms with Crippen LogP contribution in [0.2, 0.25) is 0 Å². The van der Waals surface area contributed by atoms with E-state index in [1.165, 1.54) is 0 Å². The minimum absolute atomic E-state index is 0.230. The number of hydrogen-bond donors (Lipinski definition) is 1. The van der Waals surface area contributed by atoms with Crippen LogP contribution in [-0.4, -0.2) is 23.2 Å². The van der Waals surface area contributed by atoms with E-state index in [0.717, 1.165) is 22.9 Å². The first-order chi connectivity index (χ1) is 15.1. The van der Waals surface area contributed by atoms with Crippen molar-refractivity contribution in [2.75, 3.05) is 7.11 Å². The quantitative estimate of drug-likeness (QED) is 0.534. The molecule has 2 aromatic carbocycles. The minimum Gasteiger partial charge on any atom is -0.493 e. The smallest absolute Gasteiger partial charge is 0.290 e. The van der Waals surface area contributed by atoms with Crippen molar-refractivity contribution in [2.45, 2.75) is 6.61 Å². The third-order valence-corrected chi connectivity index (χ3v) is 5.14. The van der Waals surface area contributed by atoms with Crippen molar-refractivity contribution in [1.82, 2.24) is 10.3 Å². The second kappa shape index (κ2) is 9.36. The number of ether oxygens (including phenoxy) is 2. The Morgan fingerprint density at radius 1 is 1.13 bits per heavy atom. The molecule has 1 N–H and O–H groups in total. The number of nitrogens with zero attached hydrogens (tertiary/aromatic N) is 1. The maximum Gasteiger partial charge on any atom is 0.290 e. The first kappa shape index (κ1) is 20.5. The number of hydrogen-bond acceptors (Lipinski definition) is 7. The van der Waals surface area contributed by atoms with Gasteiger partial charge in [0.1, 0.15) is 18.6 Å². The molecular formula is C23H18N2O5S. The molecule has 0 saturated carbocycles. The van der Waals surface area contributed by atoms with E-state index in [1.807, 2.05) is 42.5 Å². The highest BCUT2D eigenvalue weighted by Gasteiger charge is 2.24. The molecule has 1 saturated heterocycles. The normalized spacial score (nSPS) is 14.9. The number of methoxy groups -OCH3 is 1. The van der Waals surface area contributed by atoms with Gasteiger partial charge in [0.2, 0.25) is 5.89 Å². The largest absolute Gasteiger partial charge is 0.493 e. The Hall–Kier alpha value is -3.78. The van der Waals surface area contributed by atoms with Crippen LogP contribution in [-0.2, 0) is 11.4 Å². The van der Waals surface area contributed by atoms with Crippen molar-refractivity contribution in [3.63, 3.8) is 0 Å². The predicted octanol–water partition coefficient (Wildman–Crippen LogP) is 4.81. The van der Waals surface area contributed by atoms with Crippen molar-refractivity contribution in [3.05, 3.63) is 83.1 Å². The van der Waals surface area contributed by atoms with Gasteiger partial charge in [-0.15, -0.1) is 0 Å². The molecule has 0 bridgehead atoms. The zero-order valence-corrected chi connectivity index (χ0v) is 17.3. The van der Waals surface area contributed by atoms with Gasteiger partial charge in [0.15, 0.2) is 11.5 Å². The summed E-state index contributed by atoms with van der Waals surface area (Å²) in [6.45, 7) is 0.230. The molecule has 0 atom stereocenters. The number of oxazole rings is 1. The highest BCUT2D eigenvalue weighted by atomic mass is 32.2. The summed E-state index contributed by atoms with van der Waals surface area (Å²) in [7, 11) is 1.56. The first-order valence-electron chi connectivity index (χ1n) is 9.34. The lowest BCUT2D eigenvalue weighted by atomic mass is 10.2. The van der Waals surface area contributed by atoms with Gasteiger partial charge in [0.25, 0.3) is 11.1 Å². The number of allylic oxidation sites excluding steroid dienone is 2. The summed E-state index contributed by atoms with van der Waals surface area (Å²) >= 11 is 0.876. The van der Waals surface area contributed by atoms with E-state index in [2.05, 4.69) is 10.3 Å². The fourth-order valence-corrected chi connectivity index (χ4v) is 3.46. The van der Waals surface area contributed by atoms with Crippen molar-refractivity contribution in [2.24, 2.45) is 0 Å². The topological polar surface area (TPSA) is 90.7 Å². The molecule has 2 heterocycles. The van der Waals surface area contributed by atoms with Gasteiger partial charge in [-0.05, 0) is 47.7 Å². The summed E-state index contributed by atoms with van der Waals surface area (Å²) in [4.78, 5) is 27.5. The Bertz CT molecular complexity index is 1170. The zero-order valence-electron chi connectivity index (χ0n) is 16.5. The number of aromatic nitrogens is 1. The number of carbonyl (C=O) groups excluding carboxylic acids is 2. The predicted molar refractivity (Wildman–Crippen MR) is 118 cm³/mol. The average molecular weight is 434 g/mol. The molecule has 1 aliphatic heterocycles. The molecule has 31 heavy (non-hydrogen) atoms. The van der Waals surface area contributed by atoms with E-state index in [9.17, 15) is 9.59 Å². The van der Waals surface area contributed by atoms with Crippen LogP contribution in [0.5, 0.6) is 11.5 Å². The number of benzene rings is 2. The van der Waals surface area contributed by atoms with E-state index in [4.69, 9.17) is 13.9 Å². The fourth-order valence-electron chi connectivity index (χ4n) is 2.83. The van der Waals surface area contributed by atoms with E-state index < -0.39 is 0 Å². The van der Waals surface area contributed by atoms with Crippen LogP contribution in [0.4, 0.5) is 4.79 Å². The number of carbonyl (C=O) groups is 2. The molecule has 1 aromatic heterocycles. The van der Waals surface area contributed by atoms with E-state index in [0.29, 0.717) is 28.0 Å². The minimum atomic E-state index is -0.385. The SMILES string of the molecule is COc1cc(C=CC=C2SC(=O)NC2=O)ccc1OCc1coc(-c2ccccc2)n1. The van der Waals surface area contributed by atoms with Crippen molar-refractivity contribution in [3.8, 4) is 23.0 Å². The summed E-state index contributed by atoms with van der Waals surface area (Å²) in [5.74, 6) is 1.28. The summed E-state index contributed by atoms with van der Waals surface area (Å²) in [6, 6.07) is 15.1. The van der Waals surface area contributed by atoms with E-state index >= 15 is 0 Å². The Kier molecular flexibility index (Phi) is 6.18. The molecule has 3 aromatic rings. The van der Waals surface area contributed by atoms with Gasteiger partial charge < -0.3 is 13.9 Å². The maximum atomic E-state index is 11.5. The van der Waals surface area contributed by atoms with Gasteiger partial charge in [-0.2, -0.15) is 0 Å². The Balaban J connectivity index is 1.41. The number of nitrogens with one attached hydrogen (secondary N) is 1. The van der Waals surface area contributed by atoms with E-state index in [-0.39, 0.29) is 17.8 Å². The maximum absolute atomic E-state index is 11.5. The molecule has 7 nitrogen and oxygen atoms in total. The molecule has 1 fully saturated rings. The van der Waals surface area contributed by atoms with E-state index in [1.54, 1.807) is 37.7 Å². The number of imide groups is 1. The van der Waals surface area contributed by atoms with Gasteiger partial charge in [-0.3, -0.25) is 14.9 Å². The van der Waals surface area contributed by atoms with Crippen LogP contribution in [0.25, 0.3) is 17.5 Å². The second-order valence-corrected chi connectivity index (χ2v) is 7.46. The Morgan fingerprint density at radius 2 is 1.97 bits per heavy atom. The van der Waals surface area contributed by atoms with Crippen LogP contribution in [0.1, 0.15) is 11.3 Å².